The fraction of sp³-hybridized carbons (Fsp3) is 0.312. The molecule has 2 rings (SSSR count). The largest absolute Gasteiger partial charge is 0.478 e. The van der Waals surface area contributed by atoms with Crippen LogP contribution in [0.2, 0.25) is 0 Å². The van der Waals surface area contributed by atoms with E-state index in [-0.39, 0.29) is 0 Å². The Kier molecular flexibility index (Phi) is 3.23. The zero-order valence-electron chi connectivity index (χ0n) is 12.0. The Balaban J connectivity index is 2.76. The normalized spacial score (nSPS) is 10.8. The predicted molar refractivity (Wildman–Crippen MR) is 76.4 cm³/mol. The van der Waals surface area contributed by atoms with Crippen molar-refractivity contribution in [2.45, 2.75) is 34.6 Å². The van der Waals surface area contributed by atoms with Crippen LogP contribution in [-0.4, -0.2) is 15.6 Å². The van der Waals surface area contributed by atoms with E-state index in [9.17, 15) is 9.90 Å². The summed E-state index contributed by atoms with van der Waals surface area (Å²) in [6.07, 6.45) is 0. The number of carbonyl (C=O) groups is 1. The van der Waals surface area contributed by atoms with Crippen LogP contribution in [0.25, 0.3) is 5.69 Å². The average Bonchev–Trinajstić information content (AvgIpc) is 2.48. The zero-order valence-corrected chi connectivity index (χ0v) is 12.0. The number of benzene rings is 1. The number of carboxylic acid groups (broad SMARTS) is 1. The van der Waals surface area contributed by atoms with E-state index in [1.165, 1.54) is 11.1 Å². The molecule has 0 radical (unpaired) electrons. The van der Waals surface area contributed by atoms with Gasteiger partial charge in [0.2, 0.25) is 0 Å². The predicted octanol–water partition coefficient (Wildman–Crippen LogP) is 3.72. The molecule has 0 unspecified atom stereocenters. The van der Waals surface area contributed by atoms with Crippen LogP contribution >= 0.6 is 0 Å². The molecule has 100 valence electrons. The Morgan fingerprint density at radius 1 is 0.947 bits per heavy atom. The van der Waals surface area contributed by atoms with E-state index in [1.807, 2.05) is 25.3 Å². The molecular formula is C16H19NO2. The topological polar surface area (TPSA) is 42.2 Å². The van der Waals surface area contributed by atoms with Gasteiger partial charge in [0.25, 0.3) is 0 Å². The van der Waals surface area contributed by atoms with Crippen molar-refractivity contribution in [1.82, 2.24) is 4.57 Å². The Labute approximate surface area is 113 Å². The Hall–Kier alpha value is -2.03. The molecule has 1 heterocycles. The minimum Gasteiger partial charge on any atom is -0.478 e. The maximum Gasteiger partial charge on any atom is 0.337 e. The lowest BCUT2D eigenvalue weighted by atomic mass is 10.1. The number of hydrogen-bond acceptors (Lipinski definition) is 1. The summed E-state index contributed by atoms with van der Waals surface area (Å²) >= 11 is 0. The standard InChI is InChI=1S/C16H19NO2/c1-9-6-10(2)8-14(7-9)17-12(4)11(3)15(13(17)5)16(18)19/h6-8H,1-5H3,(H,18,19). The zero-order chi connectivity index (χ0) is 14.3. The third-order valence-electron chi connectivity index (χ3n) is 3.63. The van der Waals surface area contributed by atoms with Crippen molar-refractivity contribution in [1.29, 1.82) is 0 Å². The number of aromatic nitrogens is 1. The van der Waals surface area contributed by atoms with Gasteiger partial charge in [0.15, 0.2) is 0 Å². The van der Waals surface area contributed by atoms with Crippen LogP contribution in [0.3, 0.4) is 0 Å². The molecule has 1 N–H and O–H groups in total. The van der Waals surface area contributed by atoms with Crippen LogP contribution in [0.4, 0.5) is 0 Å². The van der Waals surface area contributed by atoms with Gasteiger partial charge in [0.1, 0.15) is 0 Å². The maximum atomic E-state index is 11.4. The molecule has 0 atom stereocenters. The number of aryl methyl sites for hydroxylation is 2. The first-order chi connectivity index (χ1) is 8.82. The highest BCUT2D eigenvalue weighted by Crippen LogP contribution is 2.26. The fourth-order valence-electron chi connectivity index (χ4n) is 2.77. The highest BCUT2D eigenvalue weighted by atomic mass is 16.4. The van der Waals surface area contributed by atoms with E-state index < -0.39 is 5.97 Å². The second-order valence-electron chi connectivity index (χ2n) is 5.16. The summed E-state index contributed by atoms with van der Waals surface area (Å²) in [7, 11) is 0. The summed E-state index contributed by atoms with van der Waals surface area (Å²) in [6.45, 7) is 9.80. The molecule has 0 amide bonds. The molecule has 2 aromatic rings. The van der Waals surface area contributed by atoms with Crippen molar-refractivity contribution >= 4 is 5.97 Å². The lowest BCUT2D eigenvalue weighted by molar-refractivity contribution is 0.0695. The number of nitrogens with zero attached hydrogens (tertiary/aromatic N) is 1. The molecule has 0 fully saturated rings. The van der Waals surface area contributed by atoms with Gasteiger partial charge in [-0.1, -0.05) is 6.07 Å². The molecule has 0 aliphatic carbocycles. The maximum absolute atomic E-state index is 11.4. The smallest absolute Gasteiger partial charge is 0.337 e. The van der Waals surface area contributed by atoms with Crippen molar-refractivity contribution in [2.75, 3.05) is 0 Å². The first kappa shape index (κ1) is 13.4. The highest BCUT2D eigenvalue weighted by Gasteiger charge is 2.20. The molecule has 3 nitrogen and oxygen atoms in total. The van der Waals surface area contributed by atoms with Crippen LogP contribution in [0.1, 0.15) is 38.4 Å². The Bertz CT molecular complexity index is 646. The average molecular weight is 257 g/mol. The molecule has 0 aliphatic rings. The third kappa shape index (κ3) is 2.16. The van der Waals surface area contributed by atoms with Gasteiger partial charge in [-0.15, -0.1) is 0 Å². The van der Waals surface area contributed by atoms with E-state index in [4.69, 9.17) is 0 Å². The van der Waals surface area contributed by atoms with Crippen molar-refractivity contribution < 1.29 is 9.90 Å². The Morgan fingerprint density at radius 2 is 1.47 bits per heavy atom. The van der Waals surface area contributed by atoms with Crippen LogP contribution in [-0.2, 0) is 0 Å². The monoisotopic (exact) mass is 257 g/mol. The van der Waals surface area contributed by atoms with Gasteiger partial charge in [-0.25, -0.2) is 4.79 Å². The molecule has 0 aliphatic heterocycles. The second-order valence-corrected chi connectivity index (χ2v) is 5.16. The summed E-state index contributed by atoms with van der Waals surface area (Å²) in [4.78, 5) is 11.4. The first-order valence-electron chi connectivity index (χ1n) is 6.33. The van der Waals surface area contributed by atoms with Gasteiger partial charge < -0.3 is 9.67 Å². The number of carboxylic acids is 1. The van der Waals surface area contributed by atoms with Gasteiger partial charge in [0.05, 0.1) is 5.56 Å². The van der Waals surface area contributed by atoms with Gasteiger partial charge >= 0.3 is 5.97 Å². The summed E-state index contributed by atoms with van der Waals surface area (Å²) in [5.41, 5.74) is 6.41. The van der Waals surface area contributed by atoms with Crippen LogP contribution in [0.15, 0.2) is 18.2 Å². The van der Waals surface area contributed by atoms with Crippen molar-refractivity contribution in [2.24, 2.45) is 0 Å². The number of rotatable bonds is 2. The molecule has 0 bridgehead atoms. The lowest BCUT2D eigenvalue weighted by Crippen LogP contribution is -2.03. The molecule has 0 saturated heterocycles. The fourth-order valence-corrected chi connectivity index (χ4v) is 2.77. The lowest BCUT2D eigenvalue weighted by Gasteiger charge is -2.11. The molecule has 1 aromatic heterocycles. The number of hydrogen-bond donors (Lipinski definition) is 1. The molecule has 1 aromatic carbocycles. The first-order valence-corrected chi connectivity index (χ1v) is 6.33. The minimum atomic E-state index is -0.860. The second kappa shape index (κ2) is 4.57. The van der Waals surface area contributed by atoms with Crippen molar-refractivity contribution in [3.8, 4) is 5.69 Å². The van der Waals surface area contributed by atoms with Crippen molar-refractivity contribution in [3.05, 3.63) is 51.8 Å². The SMILES string of the molecule is Cc1cc(C)cc(-n2c(C)c(C)c(C(=O)O)c2C)c1. The number of aromatic carboxylic acids is 1. The van der Waals surface area contributed by atoms with Gasteiger partial charge in [0, 0.05) is 17.1 Å². The third-order valence-corrected chi connectivity index (χ3v) is 3.63. The Morgan fingerprint density at radius 3 is 1.89 bits per heavy atom. The summed E-state index contributed by atoms with van der Waals surface area (Å²) in [5.74, 6) is -0.860. The van der Waals surface area contributed by atoms with Crippen LogP contribution < -0.4 is 0 Å². The van der Waals surface area contributed by atoms with Gasteiger partial charge in [-0.3, -0.25) is 0 Å². The molecule has 0 saturated carbocycles. The summed E-state index contributed by atoms with van der Waals surface area (Å²) < 4.78 is 2.03. The van der Waals surface area contributed by atoms with E-state index in [1.54, 1.807) is 0 Å². The highest BCUT2D eigenvalue weighted by molar-refractivity contribution is 5.91. The minimum absolute atomic E-state index is 0.414. The quantitative estimate of drug-likeness (QED) is 0.891. The van der Waals surface area contributed by atoms with Gasteiger partial charge in [-0.05, 0) is 63.4 Å². The molecule has 0 spiro atoms. The molecule has 19 heavy (non-hydrogen) atoms. The molecule has 3 heteroatoms. The van der Waals surface area contributed by atoms with E-state index in [2.05, 4.69) is 32.0 Å². The van der Waals surface area contributed by atoms with Crippen molar-refractivity contribution in [3.63, 3.8) is 0 Å². The summed E-state index contributed by atoms with van der Waals surface area (Å²) in [5, 5.41) is 9.33. The van der Waals surface area contributed by atoms with E-state index >= 15 is 0 Å². The van der Waals surface area contributed by atoms with Crippen LogP contribution in [0, 0.1) is 34.6 Å². The van der Waals surface area contributed by atoms with Crippen LogP contribution in [0.5, 0.6) is 0 Å². The van der Waals surface area contributed by atoms with Gasteiger partial charge in [-0.2, -0.15) is 0 Å². The summed E-state index contributed by atoms with van der Waals surface area (Å²) in [6, 6.07) is 6.28. The van der Waals surface area contributed by atoms with E-state index in [0.29, 0.717) is 5.56 Å². The van der Waals surface area contributed by atoms with E-state index in [0.717, 1.165) is 22.6 Å². The molecular weight excluding hydrogens is 238 g/mol.